The van der Waals surface area contributed by atoms with Crippen LogP contribution in [0.2, 0.25) is 0 Å². The molecular formula is C25H31N7O2S. The molecule has 35 heavy (non-hydrogen) atoms. The molecule has 3 aromatic heterocycles. The fourth-order valence-corrected chi connectivity index (χ4v) is 5.22. The number of aromatic nitrogens is 5. The van der Waals surface area contributed by atoms with Crippen molar-refractivity contribution in [2.45, 2.75) is 45.7 Å². The summed E-state index contributed by atoms with van der Waals surface area (Å²) in [5.74, 6) is 0.280. The molecule has 0 bridgehead atoms. The standard InChI is InChI=1S/C25H31N7O2S/c1-3-4-13-34-24-29-21(26)20-22(30-24)32(25(28-20)33-2)15-17-7-9-18(10-8-17)23-27-14-19(35-23)16-31-11-5-6-12-31/h7-10,14H,3-6,11-13,15-16H2,1-2H3,(H2,26,29,30). The SMILES string of the molecule is CCCCOc1nc(N)c2nc(OC)n(Cc3ccc(-c4ncc(CN5CCCC5)s4)cc3)c2n1. The molecule has 10 heteroatoms. The number of rotatable bonds is 10. The van der Waals surface area contributed by atoms with E-state index in [0.29, 0.717) is 30.3 Å². The summed E-state index contributed by atoms with van der Waals surface area (Å²) in [6, 6.07) is 9.12. The van der Waals surface area contributed by atoms with E-state index in [1.54, 1.807) is 18.4 Å². The molecule has 1 aromatic carbocycles. The zero-order valence-corrected chi connectivity index (χ0v) is 21.1. The number of nitrogens with zero attached hydrogens (tertiary/aromatic N) is 6. The molecule has 1 saturated heterocycles. The minimum atomic E-state index is 0.260. The van der Waals surface area contributed by atoms with Crippen molar-refractivity contribution in [3.8, 4) is 22.6 Å². The number of nitrogen functional groups attached to an aromatic ring is 1. The molecule has 1 aliphatic heterocycles. The quantitative estimate of drug-likeness (QED) is 0.325. The lowest BCUT2D eigenvalue weighted by Gasteiger charge is -2.11. The highest BCUT2D eigenvalue weighted by molar-refractivity contribution is 7.15. The van der Waals surface area contributed by atoms with Gasteiger partial charge < -0.3 is 15.2 Å². The van der Waals surface area contributed by atoms with Gasteiger partial charge >= 0.3 is 6.01 Å². The Bertz CT molecular complexity index is 1280. The van der Waals surface area contributed by atoms with Gasteiger partial charge in [0.15, 0.2) is 17.0 Å². The van der Waals surface area contributed by atoms with Crippen molar-refractivity contribution in [3.63, 3.8) is 0 Å². The van der Waals surface area contributed by atoms with Gasteiger partial charge in [-0.1, -0.05) is 37.6 Å². The van der Waals surface area contributed by atoms with E-state index in [4.69, 9.17) is 15.2 Å². The summed E-state index contributed by atoms with van der Waals surface area (Å²) >= 11 is 1.77. The van der Waals surface area contributed by atoms with Crippen molar-refractivity contribution < 1.29 is 9.47 Å². The second kappa shape index (κ2) is 10.6. The van der Waals surface area contributed by atoms with E-state index in [0.717, 1.165) is 35.5 Å². The van der Waals surface area contributed by atoms with Gasteiger partial charge in [-0.25, -0.2) is 4.98 Å². The topological polar surface area (TPSA) is 104 Å². The summed E-state index contributed by atoms with van der Waals surface area (Å²) in [5, 5.41) is 1.05. The Hall–Kier alpha value is -3.24. The van der Waals surface area contributed by atoms with Crippen molar-refractivity contribution in [1.82, 2.24) is 29.4 Å². The number of imidazole rings is 1. The average Bonchev–Trinajstić information content (AvgIpc) is 3.62. The molecule has 1 aliphatic rings. The highest BCUT2D eigenvalue weighted by Crippen LogP contribution is 2.29. The molecule has 0 spiro atoms. The number of thiazole rings is 1. The van der Waals surface area contributed by atoms with Gasteiger partial charge in [-0.3, -0.25) is 9.47 Å². The molecule has 2 N–H and O–H groups in total. The molecule has 0 radical (unpaired) electrons. The van der Waals surface area contributed by atoms with Crippen LogP contribution < -0.4 is 15.2 Å². The number of methoxy groups -OCH3 is 1. The smallest absolute Gasteiger partial charge is 0.320 e. The molecule has 4 aromatic rings. The van der Waals surface area contributed by atoms with E-state index in [1.165, 1.54) is 30.8 Å². The fraction of sp³-hybridized carbons (Fsp3) is 0.440. The Morgan fingerprint density at radius 1 is 1.06 bits per heavy atom. The highest BCUT2D eigenvalue weighted by atomic mass is 32.1. The third-order valence-corrected chi connectivity index (χ3v) is 7.18. The minimum absolute atomic E-state index is 0.260. The number of fused-ring (bicyclic) bond motifs is 1. The first-order chi connectivity index (χ1) is 17.1. The summed E-state index contributed by atoms with van der Waals surface area (Å²) in [5.41, 5.74) is 9.47. The molecule has 1 fully saturated rings. The first-order valence-electron chi connectivity index (χ1n) is 12.1. The first-order valence-corrected chi connectivity index (χ1v) is 12.9. The van der Waals surface area contributed by atoms with Crippen LogP contribution >= 0.6 is 11.3 Å². The monoisotopic (exact) mass is 493 g/mol. The number of nitrogens with two attached hydrogens (primary N) is 1. The van der Waals surface area contributed by atoms with Crippen LogP contribution in [0, 0.1) is 0 Å². The number of ether oxygens (including phenoxy) is 2. The van der Waals surface area contributed by atoms with E-state index < -0.39 is 0 Å². The molecule has 9 nitrogen and oxygen atoms in total. The maximum absolute atomic E-state index is 6.16. The maximum atomic E-state index is 6.16. The molecule has 0 aliphatic carbocycles. The molecular weight excluding hydrogens is 462 g/mol. The second-order valence-electron chi connectivity index (χ2n) is 8.76. The van der Waals surface area contributed by atoms with Crippen LogP contribution in [-0.4, -0.2) is 56.2 Å². The molecule has 4 heterocycles. The number of hydrogen-bond donors (Lipinski definition) is 1. The van der Waals surface area contributed by atoms with Crippen molar-refractivity contribution in [2.24, 2.45) is 0 Å². The second-order valence-corrected chi connectivity index (χ2v) is 9.88. The minimum Gasteiger partial charge on any atom is -0.468 e. The van der Waals surface area contributed by atoms with Gasteiger partial charge in [-0.15, -0.1) is 11.3 Å². The van der Waals surface area contributed by atoms with Gasteiger partial charge in [0.1, 0.15) is 5.01 Å². The Morgan fingerprint density at radius 3 is 2.60 bits per heavy atom. The van der Waals surface area contributed by atoms with Gasteiger partial charge in [0, 0.05) is 23.2 Å². The summed E-state index contributed by atoms with van der Waals surface area (Å²) in [6.45, 7) is 6.56. The van der Waals surface area contributed by atoms with Crippen LogP contribution in [0.3, 0.4) is 0 Å². The normalized spacial score (nSPS) is 14.1. The molecule has 0 amide bonds. The molecule has 184 valence electrons. The third-order valence-electron chi connectivity index (χ3n) is 6.15. The van der Waals surface area contributed by atoms with Gasteiger partial charge in [0.25, 0.3) is 6.01 Å². The van der Waals surface area contributed by atoms with Crippen LogP contribution in [0.1, 0.15) is 43.0 Å². The van der Waals surface area contributed by atoms with Crippen molar-refractivity contribution in [3.05, 3.63) is 40.9 Å². The van der Waals surface area contributed by atoms with Crippen molar-refractivity contribution in [2.75, 3.05) is 32.5 Å². The van der Waals surface area contributed by atoms with E-state index in [9.17, 15) is 0 Å². The summed E-state index contributed by atoms with van der Waals surface area (Å²) in [4.78, 5) is 21.8. The Labute approximate surface area is 209 Å². The molecule has 0 unspecified atom stereocenters. The number of unbranched alkanes of at least 4 members (excludes halogenated alkanes) is 1. The summed E-state index contributed by atoms with van der Waals surface area (Å²) < 4.78 is 13.1. The zero-order valence-electron chi connectivity index (χ0n) is 20.2. The van der Waals surface area contributed by atoms with Crippen molar-refractivity contribution >= 4 is 28.3 Å². The van der Waals surface area contributed by atoms with Crippen LogP contribution in [0.5, 0.6) is 12.0 Å². The number of benzene rings is 1. The highest BCUT2D eigenvalue weighted by Gasteiger charge is 2.19. The van der Waals surface area contributed by atoms with Crippen LogP contribution in [0.15, 0.2) is 30.5 Å². The fourth-order valence-electron chi connectivity index (χ4n) is 4.26. The largest absolute Gasteiger partial charge is 0.468 e. The van der Waals surface area contributed by atoms with Crippen LogP contribution in [-0.2, 0) is 13.1 Å². The van der Waals surface area contributed by atoms with E-state index in [-0.39, 0.29) is 11.8 Å². The van der Waals surface area contributed by atoms with Gasteiger partial charge in [0.05, 0.1) is 20.3 Å². The number of hydrogen-bond acceptors (Lipinski definition) is 9. The maximum Gasteiger partial charge on any atom is 0.320 e. The molecule has 0 atom stereocenters. The Morgan fingerprint density at radius 2 is 1.86 bits per heavy atom. The zero-order chi connectivity index (χ0) is 24.2. The molecule has 0 saturated carbocycles. The Kier molecular flexibility index (Phi) is 7.10. The van der Waals surface area contributed by atoms with E-state index in [2.05, 4.69) is 56.0 Å². The van der Waals surface area contributed by atoms with Crippen molar-refractivity contribution in [1.29, 1.82) is 0 Å². The third kappa shape index (κ3) is 5.23. The lowest BCUT2D eigenvalue weighted by atomic mass is 10.1. The lowest BCUT2D eigenvalue weighted by molar-refractivity contribution is 0.286. The summed E-state index contributed by atoms with van der Waals surface area (Å²) in [6.07, 6.45) is 6.57. The number of likely N-dealkylation sites (tertiary alicyclic amines) is 1. The Balaban J connectivity index is 1.35. The number of anilines is 1. The first kappa shape index (κ1) is 23.5. The average molecular weight is 494 g/mol. The lowest BCUT2D eigenvalue weighted by Crippen LogP contribution is -2.17. The van der Waals surface area contributed by atoms with Gasteiger partial charge in [-0.2, -0.15) is 15.0 Å². The van der Waals surface area contributed by atoms with Crippen LogP contribution in [0.4, 0.5) is 5.82 Å². The summed E-state index contributed by atoms with van der Waals surface area (Å²) in [7, 11) is 1.59. The van der Waals surface area contributed by atoms with Crippen LogP contribution in [0.25, 0.3) is 21.7 Å². The van der Waals surface area contributed by atoms with E-state index >= 15 is 0 Å². The van der Waals surface area contributed by atoms with Gasteiger partial charge in [-0.05, 0) is 37.9 Å². The van der Waals surface area contributed by atoms with E-state index in [1.807, 2.05) is 10.8 Å². The molecule has 5 rings (SSSR count). The van der Waals surface area contributed by atoms with Gasteiger partial charge in [0.2, 0.25) is 0 Å². The predicted molar refractivity (Wildman–Crippen MR) is 138 cm³/mol. The predicted octanol–water partition coefficient (Wildman–Crippen LogP) is 4.36.